The predicted molar refractivity (Wildman–Crippen MR) is 87.2 cm³/mol. The number of piperidine rings is 1. The third-order valence-corrected chi connectivity index (χ3v) is 5.65. The Morgan fingerprint density at radius 3 is 2.38 bits per heavy atom. The zero-order valence-electron chi connectivity index (χ0n) is 12.5. The number of carbonyl (C=O) groups excluding carboxylic acids is 1. The normalized spacial score (nSPS) is 27.5. The van der Waals surface area contributed by atoms with E-state index in [9.17, 15) is 4.79 Å². The van der Waals surface area contributed by atoms with E-state index in [0.29, 0.717) is 17.3 Å². The van der Waals surface area contributed by atoms with Crippen molar-refractivity contribution < 1.29 is 9.53 Å². The lowest BCUT2D eigenvalue weighted by Crippen LogP contribution is -2.49. The van der Waals surface area contributed by atoms with E-state index in [1.165, 1.54) is 0 Å². The third kappa shape index (κ3) is 2.98. The highest BCUT2D eigenvalue weighted by Gasteiger charge is 2.42. The van der Waals surface area contributed by atoms with Gasteiger partial charge in [0.25, 0.3) is 0 Å². The maximum Gasteiger partial charge on any atom is 0.322 e. The van der Waals surface area contributed by atoms with Gasteiger partial charge in [0.1, 0.15) is 5.75 Å². The van der Waals surface area contributed by atoms with Gasteiger partial charge < -0.3 is 15.0 Å². The molecular formula is C16H22N2O2S. The second kappa shape index (κ2) is 6.18. The summed E-state index contributed by atoms with van der Waals surface area (Å²) in [6.45, 7) is 0. The van der Waals surface area contributed by atoms with Crippen LogP contribution in [0.1, 0.15) is 25.7 Å². The molecule has 0 radical (unpaired) electrons. The maximum atomic E-state index is 12.6. The molecular weight excluding hydrogens is 284 g/mol. The molecule has 114 valence electrons. The van der Waals surface area contributed by atoms with Crippen LogP contribution in [0.25, 0.3) is 0 Å². The van der Waals surface area contributed by atoms with Gasteiger partial charge in [0, 0.05) is 23.0 Å². The molecule has 2 bridgehead atoms. The second-order valence-electron chi connectivity index (χ2n) is 5.78. The molecule has 2 unspecified atom stereocenters. The lowest BCUT2D eigenvalue weighted by atomic mass is 10.0. The number of anilines is 1. The Morgan fingerprint density at radius 2 is 1.86 bits per heavy atom. The Balaban J connectivity index is 1.65. The first-order chi connectivity index (χ1) is 10.2. The predicted octanol–water partition coefficient (Wildman–Crippen LogP) is 3.59. The molecule has 0 spiro atoms. The van der Waals surface area contributed by atoms with Crippen LogP contribution in [-0.2, 0) is 0 Å². The number of nitrogens with one attached hydrogen (secondary N) is 1. The van der Waals surface area contributed by atoms with Gasteiger partial charge in [-0.2, -0.15) is 11.8 Å². The number of hydrogen-bond acceptors (Lipinski definition) is 3. The van der Waals surface area contributed by atoms with Gasteiger partial charge in [-0.05, 0) is 56.2 Å². The topological polar surface area (TPSA) is 41.6 Å². The van der Waals surface area contributed by atoms with Crippen LogP contribution in [0, 0.1) is 0 Å². The van der Waals surface area contributed by atoms with Crippen LogP contribution in [-0.4, -0.2) is 41.6 Å². The Labute approximate surface area is 130 Å². The largest absolute Gasteiger partial charge is 0.497 e. The summed E-state index contributed by atoms with van der Waals surface area (Å²) in [6.07, 6.45) is 6.74. The summed E-state index contributed by atoms with van der Waals surface area (Å²) in [7, 11) is 1.64. The van der Waals surface area contributed by atoms with Crippen LogP contribution in [0.4, 0.5) is 10.5 Å². The highest BCUT2D eigenvalue weighted by molar-refractivity contribution is 7.99. The Bertz CT molecular complexity index is 492. The number of nitrogens with zero attached hydrogens (tertiary/aromatic N) is 1. The Morgan fingerprint density at radius 1 is 1.24 bits per heavy atom. The van der Waals surface area contributed by atoms with Crippen molar-refractivity contribution in [3.63, 3.8) is 0 Å². The molecule has 1 aromatic carbocycles. The van der Waals surface area contributed by atoms with Crippen LogP contribution in [0.2, 0.25) is 0 Å². The molecule has 1 N–H and O–H groups in total. The van der Waals surface area contributed by atoms with Crippen LogP contribution in [0.3, 0.4) is 0 Å². The molecule has 2 heterocycles. The van der Waals surface area contributed by atoms with E-state index < -0.39 is 0 Å². The van der Waals surface area contributed by atoms with E-state index in [2.05, 4.69) is 16.5 Å². The highest BCUT2D eigenvalue weighted by atomic mass is 32.2. The molecule has 5 heteroatoms. The second-order valence-corrected chi connectivity index (χ2v) is 6.92. The van der Waals surface area contributed by atoms with Crippen molar-refractivity contribution in [1.82, 2.24) is 4.90 Å². The van der Waals surface area contributed by atoms with Crippen molar-refractivity contribution in [2.75, 3.05) is 18.7 Å². The van der Waals surface area contributed by atoms with Crippen molar-refractivity contribution in [3.8, 4) is 5.75 Å². The lowest BCUT2D eigenvalue weighted by Gasteiger charge is -2.38. The van der Waals surface area contributed by atoms with Gasteiger partial charge in [-0.3, -0.25) is 0 Å². The highest BCUT2D eigenvalue weighted by Crippen LogP contribution is 2.39. The summed E-state index contributed by atoms with van der Waals surface area (Å²) in [5.41, 5.74) is 0.826. The number of fused-ring (bicyclic) bond motifs is 2. The zero-order valence-corrected chi connectivity index (χ0v) is 13.4. The number of urea groups is 1. The molecule has 0 aliphatic carbocycles. The molecule has 2 amide bonds. The third-order valence-electron chi connectivity index (χ3n) is 4.60. The number of hydrogen-bond donors (Lipinski definition) is 1. The molecule has 1 aromatic rings. The molecule has 21 heavy (non-hydrogen) atoms. The first-order valence-corrected chi connectivity index (χ1v) is 8.76. The summed E-state index contributed by atoms with van der Waals surface area (Å²) < 4.78 is 5.13. The molecule has 2 saturated heterocycles. The fourth-order valence-corrected chi connectivity index (χ4v) is 4.34. The van der Waals surface area contributed by atoms with E-state index in [4.69, 9.17) is 4.74 Å². The first kappa shape index (κ1) is 14.6. The average molecular weight is 306 g/mol. The minimum absolute atomic E-state index is 0.0484. The lowest BCUT2D eigenvalue weighted by molar-refractivity contribution is 0.161. The molecule has 0 saturated carbocycles. The molecule has 2 aliphatic heterocycles. The summed E-state index contributed by atoms with van der Waals surface area (Å²) in [6, 6.07) is 8.38. The number of methoxy groups -OCH3 is 1. The summed E-state index contributed by atoms with van der Waals surface area (Å²) in [5.74, 6) is 0.800. The van der Waals surface area contributed by atoms with Crippen LogP contribution in [0.15, 0.2) is 24.3 Å². The van der Waals surface area contributed by atoms with Crippen LogP contribution in [0.5, 0.6) is 5.75 Å². The number of thioether (sulfide) groups is 1. The Hall–Kier alpha value is -1.36. The van der Waals surface area contributed by atoms with Crippen molar-refractivity contribution in [3.05, 3.63) is 24.3 Å². The number of amides is 2. The maximum absolute atomic E-state index is 12.6. The summed E-state index contributed by atoms with van der Waals surface area (Å²) in [4.78, 5) is 14.6. The van der Waals surface area contributed by atoms with Crippen molar-refractivity contribution in [1.29, 1.82) is 0 Å². The fourth-order valence-electron chi connectivity index (χ4n) is 3.51. The molecule has 2 fully saturated rings. The van der Waals surface area contributed by atoms with Crippen LogP contribution >= 0.6 is 11.8 Å². The zero-order chi connectivity index (χ0) is 14.8. The number of carbonyl (C=O) groups is 1. The summed E-state index contributed by atoms with van der Waals surface area (Å²) in [5, 5.41) is 3.74. The Kier molecular flexibility index (Phi) is 4.29. The van der Waals surface area contributed by atoms with Gasteiger partial charge in [-0.1, -0.05) is 0 Å². The van der Waals surface area contributed by atoms with Gasteiger partial charge in [0.2, 0.25) is 0 Å². The van der Waals surface area contributed by atoms with Crippen molar-refractivity contribution in [2.45, 2.75) is 43.0 Å². The molecule has 0 aromatic heterocycles. The first-order valence-electron chi connectivity index (χ1n) is 7.47. The van der Waals surface area contributed by atoms with E-state index in [-0.39, 0.29) is 6.03 Å². The monoisotopic (exact) mass is 306 g/mol. The van der Waals surface area contributed by atoms with E-state index in [1.54, 1.807) is 7.11 Å². The number of ether oxygens (including phenoxy) is 1. The SMILES string of the molecule is COc1ccc(NC(=O)N2C3CCC2CC(SC)C3)cc1. The minimum Gasteiger partial charge on any atom is -0.497 e. The molecule has 3 rings (SSSR count). The molecule has 2 aliphatic rings. The standard InChI is InChI=1S/C16H22N2O2S/c1-20-14-7-3-11(4-8-14)17-16(19)18-12-5-6-13(18)10-15(9-12)21-2/h3-4,7-8,12-13,15H,5-6,9-10H2,1-2H3,(H,17,19). The smallest absolute Gasteiger partial charge is 0.322 e. The minimum atomic E-state index is 0.0484. The van der Waals surface area contributed by atoms with E-state index >= 15 is 0 Å². The number of rotatable bonds is 3. The van der Waals surface area contributed by atoms with E-state index in [0.717, 1.165) is 37.1 Å². The molecule has 2 atom stereocenters. The van der Waals surface area contributed by atoms with Gasteiger partial charge >= 0.3 is 6.03 Å². The van der Waals surface area contributed by atoms with E-state index in [1.807, 2.05) is 36.0 Å². The quantitative estimate of drug-likeness (QED) is 0.928. The van der Waals surface area contributed by atoms with Crippen molar-refractivity contribution in [2.24, 2.45) is 0 Å². The van der Waals surface area contributed by atoms with Gasteiger partial charge in [-0.15, -0.1) is 0 Å². The van der Waals surface area contributed by atoms with Gasteiger partial charge in [0.15, 0.2) is 0 Å². The average Bonchev–Trinajstić information content (AvgIpc) is 2.78. The number of benzene rings is 1. The fraction of sp³-hybridized carbons (Fsp3) is 0.562. The molecule has 4 nitrogen and oxygen atoms in total. The summed E-state index contributed by atoms with van der Waals surface area (Å²) >= 11 is 1.94. The van der Waals surface area contributed by atoms with Crippen LogP contribution < -0.4 is 10.1 Å². The van der Waals surface area contributed by atoms with Gasteiger partial charge in [0.05, 0.1) is 7.11 Å². The van der Waals surface area contributed by atoms with Gasteiger partial charge in [-0.25, -0.2) is 4.79 Å². The van der Waals surface area contributed by atoms with Crippen molar-refractivity contribution >= 4 is 23.5 Å².